The number of nitrogens with zero attached hydrogens (tertiary/aromatic N) is 3. The molecule has 1 aromatic carbocycles. The lowest BCUT2D eigenvalue weighted by molar-refractivity contribution is 0.00305. The van der Waals surface area contributed by atoms with Crippen LogP contribution in [-0.4, -0.2) is 73.2 Å². The molecular weight excluding hydrogens is 314 g/mol. The van der Waals surface area contributed by atoms with Crippen LogP contribution in [0.1, 0.15) is 42.5 Å². The van der Waals surface area contributed by atoms with Crippen molar-refractivity contribution in [1.82, 2.24) is 9.80 Å². The predicted octanol–water partition coefficient (Wildman–Crippen LogP) is 2.21. The molecule has 2 aliphatic heterocycles. The van der Waals surface area contributed by atoms with Gasteiger partial charge in [-0.05, 0) is 58.3 Å². The molecule has 5 heteroatoms. The summed E-state index contributed by atoms with van der Waals surface area (Å²) in [6.07, 6.45) is 4.64. The van der Waals surface area contributed by atoms with Crippen LogP contribution in [-0.2, 0) is 0 Å². The maximum atomic E-state index is 13.2. The monoisotopic (exact) mass is 345 g/mol. The Bertz CT molecular complexity index is 598. The first-order chi connectivity index (χ1) is 12.0. The van der Waals surface area contributed by atoms with Gasteiger partial charge < -0.3 is 19.8 Å². The van der Waals surface area contributed by atoms with E-state index >= 15 is 0 Å². The fraction of sp³-hybridized carbons (Fsp3) is 0.650. The quantitative estimate of drug-likeness (QED) is 0.909. The van der Waals surface area contributed by atoms with Gasteiger partial charge in [-0.25, -0.2) is 0 Å². The standard InChI is InChI=1S/C20H31N3O2/c1-21(2)16-20(25)10-7-14-23(15-11-20)19(24)17-8-3-4-9-18(17)22-12-5-6-13-22/h3-4,8-9,25H,5-7,10-16H2,1-2H3. The molecule has 2 fully saturated rings. The van der Waals surface area contributed by atoms with E-state index < -0.39 is 5.60 Å². The van der Waals surface area contributed by atoms with Crippen LogP contribution in [0.3, 0.4) is 0 Å². The molecule has 0 aromatic heterocycles. The Morgan fingerprint density at radius 3 is 2.52 bits per heavy atom. The third kappa shape index (κ3) is 4.33. The van der Waals surface area contributed by atoms with Crippen molar-refractivity contribution in [3.8, 4) is 0 Å². The van der Waals surface area contributed by atoms with Crippen molar-refractivity contribution in [1.29, 1.82) is 0 Å². The molecule has 1 aromatic rings. The number of carbonyl (C=O) groups excluding carboxylic acids is 1. The van der Waals surface area contributed by atoms with Crippen molar-refractivity contribution in [3.05, 3.63) is 29.8 Å². The summed E-state index contributed by atoms with van der Waals surface area (Å²) in [5, 5.41) is 10.8. The average molecular weight is 345 g/mol. The summed E-state index contributed by atoms with van der Waals surface area (Å²) in [7, 11) is 3.97. The number of hydrogen-bond acceptors (Lipinski definition) is 4. The van der Waals surface area contributed by atoms with Gasteiger partial charge in [-0.1, -0.05) is 12.1 Å². The number of benzene rings is 1. The molecule has 5 nitrogen and oxygen atoms in total. The van der Waals surface area contributed by atoms with E-state index in [1.807, 2.05) is 42.1 Å². The summed E-state index contributed by atoms with van der Waals surface area (Å²) in [6, 6.07) is 7.99. The van der Waals surface area contributed by atoms with Gasteiger partial charge >= 0.3 is 0 Å². The number of amides is 1. The molecule has 0 saturated carbocycles. The van der Waals surface area contributed by atoms with Gasteiger partial charge in [0.2, 0.25) is 0 Å². The third-order valence-electron chi connectivity index (χ3n) is 5.40. The lowest BCUT2D eigenvalue weighted by Gasteiger charge is -2.30. The van der Waals surface area contributed by atoms with Crippen molar-refractivity contribution in [2.45, 2.75) is 37.7 Å². The number of aliphatic hydroxyl groups is 1. The second-order valence-electron chi connectivity index (χ2n) is 7.82. The van der Waals surface area contributed by atoms with Gasteiger partial charge in [0, 0.05) is 38.4 Å². The molecule has 2 aliphatic rings. The van der Waals surface area contributed by atoms with E-state index in [-0.39, 0.29) is 5.91 Å². The fourth-order valence-electron chi connectivity index (χ4n) is 4.19. The zero-order valence-corrected chi connectivity index (χ0v) is 15.6. The minimum Gasteiger partial charge on any atom is -0.388 e. The molecule has 138 valence electrons. The molecule has 1 amide bonds. The number of rotatable bonds is 4. The highest BCUT2D eigenvalue weighted by atomic mass is 16.3. The van der Waals surface area contributed by atoms with Crippen LogP contribution in [0, 0.1) is 0 Å². The van der Waals surface area contributed by atoms with Crippen molar-refractivity contribution < 1.29 is 9.90 Å². The van der Waals surface area contributed by atoms with Crippen molar-refractivity contribution >= 4 is 11.6 Å². The average Bonchev–Trinajstić information content (AvgIpc) is 3.04. The van der Waals surface area contributed by atoms with Crippen LogP contribution < -0.4 is 4.90 Å². The number of likely N-dealkylation sites (N-methyl/N-ethyl adjacent to an activating group) is 1. The van der Waals surface area contributed by atoms with E-state index in [9.17, 15) is 9.90 Å². The van der Waals surface area contributed by atoms with E-state index in [0.717, 1.165) is 43.7 Å². The van der Waals surface area contributed by atoms with Crippen LogP contribution in [0.5, 0.6) is 0 Å². The van der Waals surface area contributed by atoms with Gasteiger partial charge in [-0.15, -0.1) is 0 Å². The molecule has 0 aliphatic carbocycles. The second-order valence-corrected chi connectivity index (χ2v) is 7.82. The maximum absolute atomic E-state index is 13.2. The van der Waals surface area contributed by atoms with Crippen LogP contribution in [0.4, 0.5) is 5.69 Å². The Hall–Kier alpha value is -1.59. The highest BCUT2D eigenvalue weighted by Gasteiger charge is 2.33. The van der Waals surface area contributed by atoms with Crippen molar-refractivity contribution in [2.24, 2.45) is 0 Å². The number of carbonyl (C=O) groups is 1. The van der Waals surface area contributed by atoms with Gasteiger partial charge in [0.05, 0.1) is 11.2 Å². The minimum atomic E-state index is -0.687. The molecule has 25 heavy (non-hydrogen) atoms. The molecule has 0 spiro atoms. The molecule has 0 bridgehead atoms. The molecule has 2 heterocycles. The molecule has 0 radical (unpaired) electrons. The lowest BCUT2D eigenvalue weighted by atomic mass is 9.94. The third-order valence-corrected chi connectivity index (χ3v) is 5.40. The Labute approximate surface area is 151 Å². The zero-order valence-electron chi connectivity index (χ0n) is 15.6. The normalized spacial score (nSPS) is 24.6. The summed E-state index contributed by atoms with van der Waals surface area (Å²) < 4.78 is 0. The Morgan fingerprint density at radius 1 is 1.08 bits per heavy atom. The highest BCUT2D eigenvalue weighted by molar-refractivity contribution is 5.99. The van der Waals surface area contributed by atoms with Gasteiger partial charge in [-0.3, -0.25) is 4.79 Å². The molecule has 2 saturated heterocycles. The van der Waals surface area contributed by atoms with Gasteiger partial charge in [0.1, 0.15) is 0 Å². The molecule has 1 N–H and O–H groups in total. The molecule has 3 rings (SSSR count). The highest BCUT2D eigenvalue weighted by Crippen LogP contribution is 2.28. The Balaban J connectivity index is 1.73. The largest absolute Gasteiger partial charge is 0.388 e. The smallest absolute Gasteiger partial charge is 0.255 e. The Kier molecular flexibility index (Phi) is 5.64. The van der Waals surface area contributed by atoms with Crippen molar-refractivity contribution in [3.63, 3.8) is 0 Å². The van der Waals surface area contributed by atoms with Crippen LogP contribution in [0.15, 0.2) is 24.3 Å². The number of likely N-dealkylation sites (tertiary alicyclic amines) is 1. The number of anilines is 1. The first-order valence-electron chi connectivity index (χ1n) is 9.49. The fourth-order valence-corrected chi connectivity index (χ4v) is 4.19. The van der Waals surface area contributed by atoms with Crippen LogP contribution >= 0.6 is 0 Å². The minimum absolute atomic E-state index is 0.108. The summed E-state index contributed by atoms with van der Waals surface area (Å²) in [4.78, 5) is 19.5. The molecule has 1 atom stereocenters. The zero-order chi connectivity index (χ0) is 17.9. The van der Waals surface area contributed by atoms with E-state index in [2.05, 4.69) is 11.0 Å². The number of hydrogen-bond donors (Lipinski definition) is 1. The predicted molar refractivity (Wildman–Crippen MR) is 101 cm³/mol. The topological polar surface area (TPSA) is 47.0 Å². The molecular formula is C20H31N3O2. The number of para-hydroxylation sites is 1. The lowest BCUT2D eigenvalue weighted by Crippen LogP contribution is -2.41. The van der Waals surface area contributed by atoms with Gasteiger partial charge in [0.15, 0.2) is 0 Å². The first-order valence-corrected chi connectivity index (χ1v) is 9.49. The summed E-state index contributed by atoms with van der Waals surface area (Å²) in [6.45, 7) is 4.07. The first kappa shape index (κ1) is 18.2. The SMILES string of the molecule is CN(C)CC1(O)CCCN(C(=O)c2ccccc2N2CCCC2)CC1. The van der Waals surface area contributed by atoms with Crippen LogP contribution in [0.25, 0.3) is 0 Å². The summed E-state index contributed by atoms with van der Waals surface area (Å²) in [5.41, 5.74) is 1.19. The van der Waals surface area contributed by atoms with Gasteiger partial charge in [-0.2, -0.15) is 0 Å². The van der Waals surface area contributed by atoms with Crippen molar-refractivity contribution in [2.75, 3.05) is 51.7 Å². The van der Waals surface area contributed by atoms with E-state index in [4.69, 9.17) is 0 Å². The molecule has 1 unspecified atom stereocenters. The van der Waals surface area contributed by atoms with E-state index in [0.29, 0.717) is 19.5 Å². The Morgan fingerprint density at radius 2 is 1.80 bits per heavy atom. The van der Waals surface area contributed by atoms with E-state index in [1.165, 1.54) is 12.8 Å². The van der Waals surface area contributed by atoms with Gasteiger partial charge in [0.25, 0.3) is 5.91 Å². The summed E-state index contributed by atoms with van der Waals surface area (Å²) >= 11 is 0. The van der Waals surface area contributed by atoms with Crippen LogP contribution in [0.2, 0.25) is 0 Å². The maximum Gasteiger partial charge on any atom is 0.255 e. The second kappa shape index (κ2) is 7.75. The van der Waals surface area contributed by atoms with E-state index in [1.54, 1.807) is 0 Å². The summed E-state index contributed by atoms with van der Waals surface area (Å²) in [5.74, 6) is 0.108.